The molecule has 10 heteroatoms. The van der Waals surface area contributed by atoms with Gasteiger partial charge in [-0.1, -0.05) is 82.7 Å². The predicted octanol–water partition coefficient (Wildman–Crippen LogP) is 5.61. The number of para-hydroxylation sites is 1. The molecule has 1 N–H and O–H groups in total. The van der Waals surface area contributed by atoms with E-state index in [1.54, 1.807) is 30.3 Å². The molecule has 1 fully saturated rings. The molecular weight excluding hydrogens is 566 g/mol. The van der Waals surface area contributed by atoms with E-state index in [9.17, 15) is 19.2 Å². The molecule has 2 aliphatic heterocycles. The first-order valence-corrected chi connectivity index (χ1v) is 14.8. The number of thioether (sulfide) groups is 1. The van der Waals surface area contributed by atoms with E-state index in [0.29, 0.717) is 26.3 Å². The monoisotopic (exact) mass is 589 g/mol. The number of carbonyl (C=O) groups is 3. The van der Waals surface area contributed by atoms with E-state index in [1.807, 2.05) is 56.3 Å². The van der Waals surface area contributed by atoms with Crippen LogP contribution in [0.2, 0.25) is 5.02 Å². The van der Waals surface area contributed by atoms with Gasteiger partial charge in [0.15, 0.2) is 0 Å². The molecule has 0 saturated carbocycles. The van der Waals surface area contributed by atoms with Gasteiger partial charge in [0.25, 0.3) is 0 Å². The molecule has 0 bridgehead atoms. The van der Waals surface area contributed by atoms with Crippen LogP contribution in [0.25, 0.3) is 0 Å². The second kappa shape index (κ2) is 10.4. The average molecular weight is 590 g/mol. The standard InChI is InChI=1S/C30H24ClN3O4S2/c1-16-7-13-20(14-8-16)34-27(36)24-23(18-9-11-19(31)12-10-18)26-29(39-25(24)28(34)37)33(30(38)40-26)15-22(35)32-21-6-4-3-5-17(21)2/h3-14,23-25H,15H2,1-2H3,(H,32,35). The number of aryl methyl sites for hydroxylation is 2. The first kappa shape index (κ1) is 26.6. The smallest absolute Gasteiger partial charge is 0.308 e. The molecular formula is C30H24ClN3O4S2. The van der Waals surface area contributed by atoms with Crippen molar-refractivity contribution in [3.05, 3.63) is 109 Å². The number of benzene rings is 3. The molecule has 1 aromatic heterocycles. The van der Waals surface area contributed by atoms with Gasteiger partial charge in [-0.05, 0) is 55.3 Å². The number of imide groups is 1. The van der Waals surface area contributed by atoms with Gasteiger partial charge in [0.05, 0.1) is 16.6 Å². The van der Waals surface area contributed by atoms with Crippen molar-refractivity contribution in [3.8, 4) is 0 Å². The van der Waals surface area contributed by atoms with Gasteiger partial charge in [0.2, 0.25) is 17.7 Å². The van der Waals surface area contributed by atoms with Crippen LogP contribution in [0.4, 0.5) is 11.4 Å². The zero-order valence-corrected chi connectivity index (χ0v) is 24.0. The van der Waals surface area contributed by atoms with Crippen LogP contribution in [-0.2, 0) is 20.9 Å². The quantitative estimate of drug-likeness (QED) is 0.306. The summed E-state index contributed by atoms with van der Waals surface area (Å²) >= 11 is 8.38. The number of amides is 3. The van der Waals surface area contributed by atoms with Crippen LogP contribution in [0.5, 0.6) is 0 Å². The number of rotatable bonds is 5. The highest BCUT2D eigenvalue weighted by molar-refractivity contribution is 8.00. The Bertz CT molecular complexity index is 1710. The first-order chi connectivity index (χ1) is 19.2. The Morgan fingerprint density at radius 3 is 2.33 bits per heavy atom. The second-order valence-electron chi connectivity index (χ2n) is 9.93. The molecule has 0 aliphatic carbocycles. The zero-order valence-electron chi connectivity index (χ0n) is 21.6. The van der Waals surface area contributed by atoms with E-state index >= 15 is 0 Å². The lowest BCUT2D eigenvalue weighted by Gasteiger charge is -2.30. The number of nitrogens with one attached hydrogen (secondary N) is 1. The van der Waals surface area contributed by atoms with Crippen LogP contribution >= 0.6 is 34.7 Å². The Hall–Kier alpha value is -3.66. The third-order valence-corrected chi connectivity index (χ3v) is 10.1. The lowest BCUT2D eigenvalue weighted by atomic mass is 9.83. The van der Waals surface area contributed by atoms with Crippen molar-refractivity contribution in [2.45, 2.75) is 36.6 Å². The normalized spacial score (nSPS) is 19.9. The Morgan fingerprint density at radius 1 is 0.925 bits per heavy atom. The van der Waals surface area contributed by atoms with Gasteiger partial charge in [0.1, 0.15) is 11.8 Å². The van der Waals surface area contributed by atoms with Crippen molar-refractivity contribution >= 4 is 63.8 Å². The molecule has 3 heterocycles. The highest BCUT2D eigenvalue weighted by atomic mass is 35.5. The van der Waals surface area contributed by atoms with Gasteiger partial charge < -0.3 is 5.32 Å². The Balaban J connectivity index is 1.41. The Morgan fingerprint density at radius 2 is 1.62 bits per heavy atom. The largest absolute Gasteiger partial charge is 0.324 e. The van der Waals surface area contributed by atoms with E-state index in [2.05, 4.69) is 5.32 Å². The van der Waals surface area contributed by atoms with Gasteiger partial charge in [-0.3, -0.25) is 23.7 Å². The molecule has 202 valence electrons. The maximum Gasteiger partial charge on any atom is 0.308 e. The molecule has 3 amide bonds. The van der Waals surface area contributed by atoms with Crippen molar-refractivity contribution in [3.63, 3.8) is 0 Å². The number of carbonyl (C=O) groups excluding carboxylic acids is 3. The summed E-state index contributed by atoms with van der Waals surface area (Å²) in [6.45, 7) is 3.63. The fraction of sp³-hybridized carbons (Fsp3) is 0.200. The SMILES string of the molecule is Cc1ccc(N2C(=O)C3Sc4c(sc(=O)n4CC(=O)Nc4ccccc4C)C(c4ccc(Cl)cc4)C3C2=O)cc1. The third-order valence-electron chi connectivity index (χ3n) is 7.29. The average Bonchev–Trinajstić information content (AvgIpc) is 3.37. The fourth-order valence-electron chi connectivity index (χ4n) is 5.28. The predicted molar refractivity (Wildman–Crippen MR) is 158 cm³/mol. The minimum absolute atomic E-state index is 0.208. The summed E-state index contributed by atoms with van der Waals surface area (Å²) < 4.78 is 1.42. The molecule has 3 atom stereocenters. The number of hydrogen-bond acceptors (Lipinski definition) is 6. The van der Waals surface area contributed by atoms with Crippen LogP contribution in [0.3, 0.4) is 0 Å². The Kier molecular flexibility index (Phi) is 6.90. The number of hydrogen-bond donors (Lipinski definition) is 1. The number of nitrogens with zero attached hydrogens (tertiary/aromatic N) is 2. The van der Waals surface area contributed by atoms with Crippen molar-refractivity contribution in [1.82, 2.24) is 4.57 Å². The summed E-state index contributed by atoms with van der Waals surface area (Å²) in [7, 11) is 0. The summed E-state index contributed by atoms with van der Waals surface area (Å²) in [5, 5.41) is 3.22. The fourth-order valence-corrected chi connectivity index (χ4v) is 8.18. The van der Waals surface area contributed by atoms with Crippen LogP contribution in [-0.4, -0.2) is 27.5 Å². The topological polar surface area (TPSA) is 88.5 Å². The van der Waals surface area contributed by atoms with Crippen LogP contribution in [0.1, 0.15) is 27.5 Å². The summed E-state index contributed by atoms with van der Waals surface area (Å²) in [6.07, 6.45) is 0. The maximum atomic E-state index is 13.9. The molecule has 0 spiro atoms. The number of thiazole rings is 1. The van der Waals surface area contributed by atoms with E-state index in [1.165, 1.54) is 21.2 Å². The second-order valence-corrected chi connectivity index (χ2v) is 12.5. The minimum Gasteiger partial charge on any atom is -0.324 e. The van der Waals surface area contributed by atoms with Crippen LogP contribution in [0.15, 0.2) is 82.6 Å². The Labute approximate surface area is 243 Å². The van der Waals surface area contributed by atoms with Crippen LogP contribution in [0, 0.1) is 19.8 Å². The van der Waals surface area contributed by atoms with E-state index < -0.39 is 17.1 Å². The summed E-state index contributed by atoms with van der Waals surface area (Å²) in [5.74, 6) is -2.23. The molecule has 6 rings (SSSR count). The number of halogens is 1. The summed E-state index contributed by atoms with van der Waals surface area (Å²) in [6, 6.07) is 21.8. The maximum absolute atomic E-state index is 13.9. The van der Waals surface area contributed by atoms with Gasteiger partial charge >= 0.3 is 4.87 Å². The molecule has 0 radical (unpaired) electrons. The highest BCUT2D eigenvalue weighted by Gasteiger charge is 2.56. The minimum atomic E-state index is -0.748. The van der Waals surface area contributed by atoms with Crippen molar-refractivity contribution in [2.75, 3.05) is 10.2 Å². The van der Waals surface area contributed by atoms with E-state index in [0.717, 1.165) is 28.0 Å². The van der Waals surface area contributed by atoms with Gasteiger partial charge in [-0.25, -0.2) is 4.90 Å². The highest BCUT2D eigenvalue weighted by Crippen LogP contribution is 2.54. The van der Waals surface area contributed by atoms with Crippen LogP contribution < -0.4 is 15.1 Å². The molecule has 40 heavy (non-hydrogen) atoms. The summed E-state index contributed by atoms with van der Waals surface area (Å²) in [5.41, 5.74) is 3.89. The van der Waals surface area contributed by atoms with E-state index in [4.69, 9.17) is 11.6 Å². The molecule has 7 nitrogen and oxygen atoms in total. The summed E-state index contributed by atoms with van der Waals surface area (Å²) in [4.78, 5) is 55.7. The lowest BCUT2D eigenvalue weighted by Crippen LogP contribution is -2.33. The molecule has 4 aromatic rings. The lowest BCUT2D eigenvalue weighted by molar-refractivity contribution is -0.122. The third kappa shape index (κ3) is 4.58. The van der Waals surface area contributed by atoms with Crippen molar-refractivity contribution < 1.29 is 14.4 Å². The van der Waals surface area contributed by atoms with Gasteiger partial charge in [-0.2, -0.15) is 0 Å². The first-order valence-electron chi connectivity index (χ1n) is 12.7. The zero-order chi connectivity index (χ0) is 28.1. The van der Waals surface area contributed by atoms with Crippen molar-refractivity contribution in [2.24, 2.45) is 5.92 Å². The van der Waals surface area contributed by atoms with Gasteiger partial charge in [-0.15, -0.1) is 0 Å². The van der Waals surface area contributed by atoms with E-state index in [-0.39, 0.29) is 29.1 Å². The number of fused-ring (bicyclic) bond motifs is 2. The number of anilines is 2. The molecule has 2 aliphatic rings. The molecule has 3 aromatic carbocycles. The van der Waals surface area contributed by atoms with Crippen molar-refractivity contribution in [1.29, 1.82) is 0 Å². The van der Waals surface area contributed by atoms with Gasteiger partial charge in [0, 0.05) is 21.5 Å². The number of aromatic nitrogens is 1. The molecule has 1 saturated heterocycles. The molecule has 3 unspecified atom stereocenters.